The number of alkyl halides is 2. The Bertz CT molecular complexity index is 1110. The Morgan fingerprint density at radius 3 is 2.32 bits per heavy atom. The molecule has 1 aromatic heterocycles. The van der Waals surface area contributed by atoms with Crippen molar-refractivity contribution in [2.75, 3.05) is 0 Å². The number of fused-ring (bicyclic) bond motifs is 1. The summed E-state index contributed by atoms with van der Waals surface area (Å²) < 4.78 is 34.2. The van der Waals surface area contributed by atoms with Crippen LogP contribution in [0.5, 0.6) is 11.5 Å². The normalized spacial score (nSPS) is 17.4. The Labute approximate surface area is 183 Å². The van der Waals surface area contributed by atoms with E-state index in [4.69, 9.17) is 4.74 Å². The van der Waals surface area contributed by atoms with Crippen LogP contribution < -0.4 is 4.74 Å². The number of carbonyl (C=O) groups is 1. The minimum atomic E-state index is -2.60. The summed E-state index contributed by atoms with van der Waals surface area (Å²) >= 11 is 1.09. The smallest absolute Gasteiger partial charge is 0.349 e. The van der Waals surface area contributed by atoms with Gasteiger partial charge in [-0.25, -0.2) is 13.6 Å². The number of carboxylic acid groups (broad SMARTS) is 1. The van der Waals surface area contributed by atoms with Gasteiger partial charge in [0.05, 0.1) is 0 Å². The molecule has 1 N–H and O–H groups in total. The quantitative estimate of drug-likeness (QED) is 0.418. The number of halogens is 2. The molecule has 3 nitrogen and oxygen atoms in total. The van der Waals surface area contributed by atoms with Crippen molar-refractivity contribution in [3.63, 3.8) is 0 Å². The van der Waals surface area contributed by atoms with Gasteiger partial charge in [-0.1, -0.05) is 31.4 Å². The second kappa shape index (κ2) is 8.23. The molecule has 5 rings (SSSR count). The third kappa shape index (κ3) is 4.05. The summed E-state index contributed by atoms with van der Waals surface area (Å²) in [7, 11) is 0. The van der Waals surface area contributed by atoms with E-state index in [9.17, 15) is 18.7 Å². The lowest BCUT2D eigenvalue weighted by Crippen LogP contribution is -2.04. The van der Waals surface area contributed by atoms with E-state index in [0.29, 0.717) is 27.3 Å². The van der Waals surface area contributed by atoms with Gasteiger partial charge in [0.15, 0.2) is 10.6 Å². The molecule has 2 fully saturated rings. The summed E-state index contributed by atoms with van der Waals surface area (Å²) in [4.78, 5) is 11.9. The third-order valence-electron chi connectivity index (χ3n) is 6.47. The largest absolute Gasteiger partial charge is 0.477 e. The molecule has 0 radical (unpaired) electrons. The van der Waals surface area contributed by atoms with Crippen molar-refractivity contribution in [1.82, 2.24) is 0 Å². The van der Waals surface area contributed by atoms with Crippen LogP contribution in [0.25, 0.3) is 10.1 Å². The predicted octanol–water partition coefficient (Wildman–Crippen LogP) is 8.25. The molecule has 2 aliphatic rings. The number of thiophene rings is 1. The maximum absolute atomic E-state index is 13.7. The summed E-state index contributed by atoms with van der Waals surface area (Å²) in [5.74, 6) is 0.282. The summed E-state index contributed by atoms with van der Waals surface area (Å²) in [5, 5.41) is 10.2. The molecule has 0 saturated heterocycles. The van der Waals surface area contributed by atoms with Crippen LogP contribution in [0.3, 0.4) is 0 Å². The molecule has 0 spiro atoms. The minimum absolute atomic E-state index is 0.0118. The molecule has 6 heteroatoms. The van der Waals surface area contributed by atoms with Gasteiger partial charge in [0, 0.05) is 15.6 Å². The first kappa shape index (κ1) is 20.4. The van der Waals surface area contributed by atoms with Gasteiger partial charge in [0.1, 0.15) is 5.75 Å². The van der Waals surface area contributed by atoms with Gasteiger partial charge in [0.25, 0.3) is 6.43 Å². The Balaban J connectivity index is 1.51. The van der Waals surface area contributed by atoms with Crippen LogP contribution in [-0.2, 0) is 0 Å². The van der Waals surface area contributed by atoms with Crippen molar-refractivity contribution < 1.29 is 23.4 Å². The predicted molar refractivity (Wildman–Crippen MR) is 118 cm³/mol. The summed E-state index contributed by atoms with van der Waals surface area (Å²) in [5.41, 5.74) is 1.90. The number of rotatable bonds is 6. The number of ether oxygens (including phenoxy) is 1. The van der Waals surface area contributed by atoms with Gasteiger partial charge in [-0.05, 0) is 72.9 Å². The lowest BCUT2D eigenvalue weighted by Gasteiger charge is -2.22. The Morgan fingerprint density at radius 1 is 1.00 bits per heavy atom. The molecule has 0 bridgehead atoms. The van der Waals surface area contributed by atoms with Crippen LogP contribution in [0.1, 0.15) is 89.6 Å². The fraction of sp³-hybridized carbons (Fsp3) is 0.400. The molecule has 31 heavy (non-hydrogen) atoms. The Hall–Kier alpha value is -2.47. The number of hydrogen-bond acceptors (Lipinski definition) is 3. The first-order chi connectivity index (χ1) is 15.0. The van der Waals surface area contributed by atoms with Gasteiger partial charge in [-0.3, -0.25) is 0 Å². The van der Waals surface area contributed by atoms with Crippen LogP contribution in [0, 0.1) is 0 Å². The van der Waals surface area contributed by atoms with E-state index in [1.54, 1.807) is 6.07 Å². The second-order valence-corrected chi connectivity index (χ2v) is 9.68. The molecule has 0 unspecified atom stereocenters. The average Bonchev–Trinajstić information content (AvgIpc) is 3.56. The van der Waals surface area contributed by atoms with E-state index >= 15 is 0 Å². The summed E-state index contributed by atoms with van der Waals surface area (Å²) in [6.07, 6.45) is 5.39. The molecule has 0 atom stereocenters. The Kier molecular flexibility index (Phi) is 5.42. The lowest BCUT2D eigenvalue weighted by atomic mass is 9.84. The van der Waals surface area contributed by atoms with Crippen molar-refractivity contribution in [1.29, 1.82) is 0 Å². The highest BCUT2D eigenvalue weighted by Gasteiger charge is 2.31. The standard InChI is InChI=1S/C25H24F2O3S/c26-24(27)19-12-20-21(13-18(19)16-6-7-16)31-23(25(28)29)22(20)30-17-10-8-15(9-11-17)14-4-2-1-3-5-14/h8-14,16,24H,1-7H2,(H,28,29). The topological polar surface area (TPSA) is 46.5 Å². The number of hydrogen-bond donors (Lipinski definition) is 1. The maximum atomic E-state index is 13.7. The van der Waals surface area contributed by atoms with Crippen LogP contribution in [0.2, 0.25) is 0 Å². The highest BCUT2D eigenvalue weighted by Crippen LogP contribution is 2.49. The highest BCUT2D eigenvalue weighted by atomic mass is 32.1. The van der Waals surface area contributed by atoms with Crippen molar-refractivity contribution >= 4 is 27.4 Å². The minimum Gasteiger partial charge on any atom is -0.477 e. The first-order valence-corrected chi connectivity index (χ1v) is 11.7. The SMILES string of the molecule is O=C(O)c1sc2cc(C3CC3)c(C(F)F)cc2c1Oc1ccc(C2CCCCC2)cc1. The molecule has 2 aliphatic carbocycles. The van der Waals surface area contributed by atoms with Gasteiger partial charge >= 0.3 is 5.97 Å². The van der Waals surface area contributed by atoms with E-state index in [1.165, 1.54) is 43.7 Å². The molecular formula is C25H24F2O3S. The number of aromatic carboxylic acids is 1. The fourth-order valence-corrected chi connectivity index (χ4v) is 5.69. The van der Waals surface area contributed by atoms with Crippen LogP contribution in [0.15, 0.2) is 36.4 Å². The van der Waals surface area contributed by atoms with E-state index in [1.807, 2.05) is 24.3 Å². The van der Waals surface area contributed by atoms with Crippen LogP contribution in [-0.4, -0.2) is 11.1 Å². The molecule has 0 amide bonds. The van der Waals surface area contributed by atoms with Gasteiger partial charge in [-0.2, -0.15) is 0 Å². The van der Waals surface area contributed by atoms with Crippen molar-refractivity contribution in [3.8, 4) is 11.5 Å². The van der Waals surface area contributed by atoms with Crippen molar-refractivity contribution in [3.05, 3.63) is 58.0 Å². The van der Waals surface area contributed by atoms with Gasteiger partial charge in [-0.15, -0.1) is 11.3 Å². The highest BCUT2D eigenvalue weighted by molar-refractivity contribution is 7.21. The summed E-state index contributed by atoms with van der Waals surface area (Å²) in [6, 6.07) is 11.0. The monoisotopic (exact) mass is 442 g/mol. The van der Waals surface area contributed by atoms with E-state index in [2.05, 4.69) is 0 Å². The van der Waals surface area contributed by atoms with Crippen molar-refractivity contribution in [2.45, 2.75) is 63.2 Å². The van der Waals surface area contributed by atoms with Crippen LogP contribution in [0.4, 0.5) is 8.78 Å². The molecule has 1 heterocycles. The number of carboxylic acids is 1. The zero-order valence-electron chi connectivity index (χ0n) is 17.1. The van der Waals surface area contributed by atoms with E-state index < -0.39 is 12.4 Å². The fourth-order valence-electron chi connectivity index (χ4n) is 4.69. The lowest BCUT2D eigenvalue weighted by molar-refractivity contribution is 0.0700. The first-order valence-electron chi connectivity index (χ1n) is 10.9. The Morgan fingerprint density at radius 2 is 1.71 bits per heavy atom. The molecule has 0 aliphatic heterocycles. The zero-order chi connectivity index (χ0) is 21.5. The zero-order valence-corrected chi connectivity index (χ0v) is 17.9. The van der Waals surface area contributed by atoms with E-state index in [-0.39, 0.29) is 22.1 Å². The maximum Gasteiger partial charge on any atom is 0.349 e. The van der Waals surface area contributed by atoms with Gasteiger partial charge < -0.3 is 9.84 Å². The molecule has 162 valence electrons. The molecule has 2 aromatic carbocycles. The third-order valence-corrected chi connectivity index (χ3v) is 7.59. The van der Waals surface area contributed by atoms with Gasteiger partial charge in [0.2, 0.25) is 0 Å². The summed E-state index contributed by atoms with van der Waals surface area (Å²) in [6.45, 7) is 0. The second-order valence-electron chi connectivity index (χ2n) is 8.62. The molecule has 2 saturated carbocycles. The van der Waals surface area contributed by atoms with Crippen LogP contribution >= 0.6 is 11.3 Å². The molecule has 3 aromatic rings. The average molecular weight is 443 g/mol. The number of benzene rings is 2. The molecular weight excluding hydrogens is 418 g/mol. The van der Waals surface area contributed by atoms with E-state index in [0.717, 1.165) is 24.2 Å². The van der Waals surface area contributed by atoms with Crippen molar-refractivity contribution in [2.24, 2.45) is 0 Å².